The Kier molecular flexibility index (Phi) is 3.86. The number of carbonyl (C=O) groups excluding carboxylic acids is 1. The Labute approximate surface area is 92.2 Å². The van der Waals surface area contributed by atoms with Gasteiger partial charge in [0.1, 0.15) is 17.9 Å². The van der Waals surface area contributed by atoms with Crippen molar-refractivity contribution in [2.75, 3.05) is 12.4 Å². The van der Waals surface area contributed by atoms with E-state index in [1.807, 2.05) is 0 Å². The maximum absolute atomic E-state index is 11.3. The first-order valence-electron chi connectivity index (χ1n) is 4.29. The standard InChI is InChI=1S/C9H10O6S/c10-8-4-2-1-3-7(8)9(11)15-5-6-16(12,13)14/h1-4,10H,5-6H2,(H,12,13,14)/p-1. The highest BCUT2D eigenvalue weighted by molar-refractivity contribution is 7.85. The lowest BCUT2D eigenvalue weighted by Gasteiger charge is -2.08. The zero-order chi connectivity index (χ0) is 12.2. The van der Waals surface area contributed by atoms with Gasteiger partial charge < -0.3 is 14.4 Å². The van der Waals surface area contributed by atoms with Crippen LogP contribution >= 0.6 is 0 Å². The quantitative estimate of drug-likeness (QED) is 0.595. The molecular formula is C9H9O6S-. The molecule has 0 spiro atoms. The molecule has 0 atom stereocenters. The average Bonchev–Trinajstić information content (AvgIpc) is 2.16. The minimum absolute atomic E-state index is 0.0780. The van der Waals surface area contributed by atoms with Crippen LogP contribution in [-0.4, -0.2) is 36.4 Å². The molecule has 0 amide bonds. The van der Waals surface area contributed by atoms with Crippen LogP contribution in [0.4, 0.5) is 0 Å². The summed E-state index contributed by atoms with van der Waals surface area (Å²) < 4.78 is 35.2. The summed E-state index contributed by atoms with van der Waals surface area (Å²) in [6.45, 7) is -0.529. The maximum Gasteiger partial charge on any atom is 0.341 e. The van der Waals surface area contributed by atoms with E-state index in [0.717, 1.165) is 0 Å². The first-order chi connectivity index (χ1) is 7.40. The Bertz CT molecular complexity index is 479. The van der Waals surface area contributed by atoms with Crippen LogP contribution in [0.3, 0.4) is 0 Å². The number of esters is 1. The normalized spacial score (nSPS) is 11.1. The van der Waals surface area contributed by atoms with Crippen LogP contribution in [0, 0.1) is 0 Å². The van der Waals surface area contributed by atoms with Gasteiger partial charge in [-0.15, -0.1) is 0 Å². The van der Waals surface area contributed by atoms with Crippen molar-refractivity contribution in [1.82, 2.24) is 0 Å². The predicted molar refractivity (Wildman–Crippen MR) is 53.0 cm³/mol. The van der Waals surface area contributed by atoms with Gasteiger partial charge in [0.05, 0.1) is 15.9 Å². The summed E-state index contributed by atoms with van der Waals surface area (Å²) in [6.07, 6.45) is 0. The molecule has 1 aromatic rings. The van der Waals surface area contributed by atoms with Gasteiger partial charge in [0.25, 0.3) is 0 Å². The molecular weight excluding hydrogens is 236 g/mol. The number of hydrogen-bond acceptors (Lipinski definition) is 6. The van der Waals surface area contributed by atoms with Crippen LogP contribution in [0.15, 0.2) is 24.3 Å². The number of hydrogen-bond donors (Lipinski definition) is 1. The average molecular weight is 245 g/mol. The maximum atomic E-state index is 11.3. The van der Waals surface area contributed by atoms with Gasteiger partial charge in [0.15, 0.2) is 0 Å². The smallest absolute Gasteiger partial charge is 0.341 e. The number of rotatable bonds is 4. The molecule has 0 aromatic heterocycles. The summed E-state index contributed by atoms with van der Waals surface area (Å²) in [4.78, 5) is 11.3. The monoisotopic (exact) mass is 245 g/mol. The van der Waals surface area contributed by atoms with E-state index in [-0.39, 0.29) is 11.3 Å². The Hall–Kier alpha value is -1.60. The lowest BCUT2D eigenvalue weighted by molar-refractivity contribution is 0.0525. The second-order valence-corrected chi connectivity index (χ2v) is 4.44. The first kappa shape index (κ1) is 12.5. The van der Waals surface area contributed by atoms with Crippen molar-refractivity contribution in [2.45, 2.75) is 0 Å². The minimum Gasteiger partial charge on any atom is -0.748 e. The third-order valence-corrected chi connectivity index (χ3v) is 2.36. The minimum atomic E-state index is -4.40. The topological polar surface area (TPSA) is 104 Å². The summed E-state index contributed by atoms with van der Waals surface area (Å²) in [6, 6.07) is 5.65. The van der Waals surface area contributed by atoms with E-state index < -0.39 is 28.4 Å². The van der Waals surface area contributed by atoms with Crippen LogP contribution in [-0.2, 0) is 14.9 Å². The number of phenolic OH excluding ortho intramolecular Hbond substituents is 1. The first-order valence-corrected chi connectivity index (χ1v) is 5.86. The van der Waals surface area contributed by atoms with Crippen LogP contribution in [0.25, 0.3) is 0 Å². The van der Waals surface area contributed by atoms with Crippen LogP contribution in [0.1, 0.15) is 10.4 Å². The molecule has 0 unspecified atom stereocenters. The van der Waals surface area contributed by atoms with Gasteiger partial charge in [-0.25, -0.2) is 13.2 Å². The van der Waals surface area contributed by atoms with E-state index in [0.29, 0.717) is 0 Å². The summed E-state index contributed by atoms with van der Waals surface area (Å²) in [5.41, 5.74) is -0.0780. The molecule has 0 aliphatic rings. The highest BCUT2D eigenvalue weighted by atomic mass is 32.2. The number of ether oxygens (including phenoxy) is 1. The molecule has 0 radical (unpaired) electrons. The molecule has 16 heavy (non-hydrogen) atoms. The van der Waals surface area contributed by atoms with Gasteiger partial charge in [-0.3, -0.25) is 0 Å². The number of aromatic hydroxyl groups is 1. The fourth-order valence-electron chi connectivity index (χ4n) is 0.960. The number of benzene rings is 1. The molecule has 88 valence electrons. The van der Waals surface area contributed by atoms with Crippen molar-refractivity contribution in [2.24, 2.45) is 0 Å². The van der Waals surface area contributed by atoms with E-state index in [1.54, 1.807) is 0 Å². The molecule has 0 heterocycles. The number of phenols is 1. The van der Waals surface area contributed by atoms with Crippen molar-refractivity contribution in [3.63, 3.8) is 0 Å². The van der Waals surface area contributed by atoms with E-state index in [4.69, 9.17) is 0 Å². The molecule has 7 heteroatoms. The van der Waals surface area contributed by atoms with Crippen molar-refractivity contribution in [1.29, 1.82) is 0 Å². The summed E-state index contributed by atoms with van der Waals surface area (Å²) in [5, 5.41) is 9.26. The third kappa shape index (κ3) is 3.87. The fourth-order valence-corrected chi connectivity index (χ4v) is 1.25. The van der Waals surface area contributed by atoms with Crippen molar-refractivity contribution < 1.29 is 27.6 Å². The van der Waals surface area contributed by atoms with Gasteiger partial charge in [-0.05, 0) is 12.1 Å². The van der Waals surface area contributed by atoms with Gasteiger partial charge in [-0.2, -0.15) is 0 Å². The molecule has 1 rings (SSSR count). The summed E-state index contributed by atoms with van der Waals surface area (Å²) >= 11 is 0. The fraction of sp³-hybridized carbons (Fsp3) is 0.222. The Balaban J connectivity index is 2.57. The van der Waals surface area contributed by atoms with Gasteiger partial charge in [0, 0.05) is 0 Å². The Morgan fingerprint density at radius 2 is 2.00 bits per heavy atom. The third-order valence-electron chi connectivity index (χ3n) is 1.69. The zero-order valence-corrected chi connectivity index (χ0v) is 8.94. The molecule has 6 nitrogen and oxygen atoms in total. The highest BCUT2D eigenvalue weighted by Crippen LogP contribution is 2.16. The second kappa shape index (κ2) is 4.95. The lowest BCUT2D eigenvalue weighted by Crippen LogP contribution is -2.14. The van der Waals surface area contributed by atoms with Gasteiger partial charge in [0.2, 0.25) is 0 Å². The second-order valence-electron chi connectivity index (χ2n) is 2.91. The van der Waals surface area contributed by atoms with Gasteiger partial charge >= 0.3 is 5.97 Å². The number of carbonyl (C=O) groups is 1. The SMILES string of the molecule is O=C(OCCS(=O)(=O)[O-])c1ccccc1O. The van der Waals surface area contributed by atoms with Crippen LogP contribution in [0.5, 0.6) is 5.75 Å². The molecule has 0 aliphatic carbocycles. The molecule has 1 aromatic carbocycles. The largest absolute Gasteiger partial charge is 0.748 e. The molecule has 0 bridgehead atoms. The summed E-state index contributed by atoms with van der Waals surface area (Å²) in [5.74, 6) is -1.92. The highest BCUT2D eigenvalue weighted by Gasteiger charge is 2.11. The molecule has 0 aliphatic heterocycles. The molecule has 0 saturated carbocycles. The number of para-hydroxylation sites is 1. The molecule has 1 N–H and O–H groups in total. The lowest BCUT2D eigenvalue weighted by atomic mass is 10.2. The van der Waals surface area contributed by atoms with Crippen LogP contribution < -0.4 is 0 Å². The Morgan fingerprint density at radius 3 is 2.56 bits per heavy atom. The zero-order valence-electron chi connectivity index (χ0n) is 8.12. The molecule has 0 saturated heterocycles. The van der Waals surface area contributed by atoms with E-state index in [2.05, 4.69) is 4.74 Å². The van der Waals surface area contributed by atoms with Crippen molar-refractivity contribution >= 4 is 16.1 Å². The van der Waals surface area contributed by atoms with Gasteiger partial charge in [-0.1, -0.05) is 12.1 Å². The van der Waals surface area contributed by atoms with Crippen molar-refractivity contribution in [3.8, 4) is 5.75 Å². The predicted octanol–water partition coefficient (Wildman–Crippen LogP) is 0.0942. The van der Waals surface area contributed by atoms with Crippen molar-refractivity contribution in [3.05, 3.63) is 29.8 Å². The Morgan fingerprint density at radius 1 is 1.38 bits per heavy atom. The van der Waals surface area contributed by atoms with E-state index in [9.17, 15) is 22.9 Å². The summed E-state index contributed by atoms with van der Waals surface area (Å²) in [7, 11) is -4.40. The van der Waals surface area contributed by atoms with Crippen LogP contribution in [0.2, 0.25) is 0 Å². The van der Waals surface area contributed by atoms with E-state index >= 15 is 0 Å². The molecule has 0 fully saturated rings. The van der Waals surface area contributed by atoms with E-state index in [1.165, 1.54) is 24.3 Å².